The van der Waals surface area contributed by atoms with Crippen LogP contribution in [-0.4, -0.2) is 35.8 Å². The lowest BCUT2D eigenvalue weighted by molar-refractivity contribution is -0.135. The van der Waals surface area contributed by atoms with Crippen LogP contribution in [0.25, 0.3) is 11.3 Å². The van der Waals surface area contributed by atoms with Crippen LogP contribution in [0.15, 0.2) is 46.9 Å². The monoisotopic (exact) mass is 368 g/mol. The Balaban J connectivity index is 1.42. The van der Waals surface area contributed by atoms with Crippen molar-refractivity contribution in [2.45, 2.75) is 45.6 Å². The number of carbonyl (C=O) groups is 2. The fourth-order valence-corrected chi connectivity index (χ4v) is 3.42. The lowest BCUT2D eigenvalue weighted by atomic mass is 10.0. The van der Waals surface area contributed by atoms with Crippen molar-refractivity contribution < 1.29 is 14.0 Å². The number of benzene rings is 1. The van der Waals surface area contributed by atoms with Gasteiger partial charge in [-0.1, -0.05) is 44.2 Å². The molecule has 2 amide bonds. The zero-order chi connectivity index (χ0) is 19.2. The Morgan fingerprint density at radius 1 is 1.11 bits per heavy atom. The van der Waals surface area contributed by atoms with Gasteiger partial charge in [0, 0.05) is 43.5 Å². The lowest BCUT2D eigenvalue weighted by Crippen LogP contribution is -2.47. The van der Waals surface area contributed by atoms with Gasteiger partial charge in [-0.15, -0.1) is 0 Å². The van der Waals surface area contributed by atoms with Crippen LogP contribution in [0.1, 0.15) is 38.9 Å². The molecule has 3 rings (SSSR count). The topological polar surface area (TPSA) is 62.6 Å². The van der Waals surface area contributed by atoms with E-state index in [0.717, 1.165) is 43.0 Å². The second kappa shape index (κ2) is 8.89. The maximum absolute atomic E-state index is 12.3. The molecule has 2 aromatic rings. The quantitative estimate of drug-likeness (QED) is 0.847. The molecule has 5 heteroatoms. The minimum absolute atomic E-state index is 0.0326. The predicted octanol–water partition coefficient (Wildman–Crippen LogP) is 3.64. The first kappa shape index (κ1) is 19.2. The average Bonchev–Trinajstić information content (AvgIpc) is 3.16. The van der Waals surface area contributed by atoms with E-state index in [4.69, 9.17) is 4.42 Å². The van der Waals surface area contributed by atoms with Gasteiger partial charge in [-0.2, -0.15) is 0 Å². The van der Waals surface area contributed by atoms with Crippen molar-refractivity contribution in [3.8, 4) is 11.3 Å². The highest BCUT2D eigenvalue weighted by Gasteiger charge is 2.25. The van der Waals surface area contributed by atoms with Crippen molar-refractivity contribution >= 4 is 11.8 Å². The molecule has 1 aliphatic rings. The van der Waals surface area contributed by atoms with Gasteiger partial charge in [-0.05, 0) is 25.0 Å². The number of furan rings is 1. The highest BCUT2D eigenvalue weighted by atomic mass is 16.3. The maximum Gasteiger partial charge on any atom is 0.225 e. The SMILES string of the molecule is CC(C)C(=O)N1CCC(NC(=O)CCc2ccc(-c3ccccc3)o2)CC1. The van der Waals surface area contributed by atoms with Crippen molar-refractivity contribution in [3.63, 3.8) is 0 Å². The molecule has 27 heavy (non-hydrogen) atoms. The molecule has 0 spiro atoms. The zero-order valence-corrected chi connectivity index (χ0v) is 16.1. The fraction of sp³-hybridized carbons (Fsp3) is 0.455. The number of nitrogens with zero attached hydrogens (tertiary/aromatic N) is 1. The summed E-state index contributed by atoms with van der Waals surface area (Å²) in [6, 6.07) is 14.0. The smallest absolute Gasteiger partial charge is 0.225 e. The van der Waals surface area contributed by atoms with Gasteiger partial charge in [0.15, 0.2) is 0 Å². The zero-order valence-electron chi connectivity index (χ0n) is 16.1. The molecular formula is C22H28N2O3. The lowest BCUT2D eigenvalue weighted by Gasteiger charge is -2.33. The first-order valence-corrected chi connectivity index (χ1v) is 9.75. The Morgan fingerprint density at radius 2 is 1.81 bits per heavy atom. The molecule has 0 radical (unpaired) electrons. The van der Waals surface area contributed by atoms with Crippen LogP contribution < -0.4 is 5.32 Å². The number of amides is 2. The van der Waals surface area contributed by atoms with E-state index in [1.165, 1.54) is 0 Å². The number of aryl methyl sites for hydroxylation is 1. The van der Waals surface area contributed by atoms with Crippen LogP contribution in [0.3, 0.4) is 0 Å². The molecule has 1 saturated heterocycles. The second-order valence-corrected chi connectivity index (χ2v) is 7.45. The molecule has 1 N–H and O–H groups in total. The maximum atomic E-state index is 12.3. The third-order valence-electron chi connectivity index (χ3n) is 4.98. The first-order valence-electron chi connectivity index (χ1n) is 9.75. The summed E-state index contributed by atoms with van der Waals surface area (Å²) in [7, 11) is 0. The van der Waals surface area contributed by atoms with Gasteiger partial charge in [0.25, 0.3) is 0 Å². The van der Waals surface area contributed by atoms with Gasteiger partial charge in [0.2, 0.25) is 11.8 Å². The summed E-state index contributed by atoms with van der Waals surface area (Å²) >= 11 is 0. The van der Waals surface area contributed by atoms with Crippen molar-refractivity contribution in [2.75, 3.05) is 13.1 Å². The third kappa shape index (κ3) is 5.22. The van der Waals surface area contributed by atoms with Crippen LogP contribution in [0.4, 0.5) is 0 Å². The molecule has 144 valence electrons. The Kier molecular flexibility index (Phi) is 6.32. The molecule has 0 saturated carbocycles. The number of piperidine rings is 1. The highest BCUT2D eigenvalue weighted by molar-refractivity contribution is 5.78. The molecule has 0 atom stereocenters. The standard InChI is InChI=1S/C22H28N2O3/c1-16(2)22(26)24-14-12-18(13-15-24)23-21(25)11-9-19-8-10-20(27-19)17-6-4-3-5-7-17/h3-8,10,16,18H,9,11-15H2,1-2H3,(H,23,25). The van der Waals surface area contributed by atoms with Crippen LogP contribution in [0.2, 0.25) is 0 Å². The molecule has 0 bridgehead atoms. The third-order valence-corrected chi connectivity index (χ3v) is 4.98. The number of likely N-dealkylation sites (tertiary alicyclic amines) is 1. The summed E-state index contributed by atoms with van der Waals surface area (Å²) in [6.45, 7) is 5.29. The van der Waals surface area contributed by atoms with Crippen molar-refractivity contribution in [1.29, 1.82) is 0 Å². The van der Waals surface area contributed by atoms with Crippen LogP contribution in [-0.2, 0) is 16.0 Å². The van der Waals surface area contributed by atoms with Gasteiger partial charge >= 0.3 is 0 Å². The molecule has 0 aliphatic carbocycles. The van der Waals surface area contributed by atoms with E-state index >= 15 is 0 Å². The largest absolute Gasteiger partial charge is 0.461 e. The van der Waals surface area contributed by atoms with Crippen LogP contribution in [0.5, 0.6) is 0 Å². The molecule has 1 aromatic heterocycles. The molecule has 0 unspecified atom stereocenters. The van der Waals surface area contributed by atoms with E-state index in [9.17, 15) is 9.59 Å². The summed E-state index contributed by atoms with van der Waals surface area (Å²) in [6.07, 6.45) is 2.64. The van der Waals surface area contributed by atoms with E-state index in [1.807, 2.05) is 61.2 Å². The summed E-state index contributed by atoms with van der Waals surface area (Å²) in [5.41, 5.74) is 1.04. The molecule has 1 aromatic carbocycles. The minimum atomic E-state index is 0.0326. The van der Waals surface area contributed by atoms with Gasteiger partial charge in [-0.25, -0.2) is 0 Å². The van der Waals surface area contributed by atoms with Gasteiger partial charge in [-0.3, -0.25) is 9.59 Å². The number of nitrogens with one attached hydrogen (secondary N) is 1. The van der Waals surface area contributed by atoms with E-state index in [1.54, 1.807) is 0 Å². The highest BCUT2D eigenvalue weighted by Crippen LogP contribution is 2.22. The Morgan fingerprint density at radius 3 is 2.48 bits per heavy atom. The van der Waals surface area contributed by atoms with E-state index < -0.39 is 0 Å². The van der Waals surface area contributed by atoms with Crippen molar-refractivity contribution in [1.82, 2.24) is 10.2 Å². The first-order chi connectivity index (χ1) is 13.0. The van der Waals surface area contributed by atoms with E-state index in [-0.39, 0.29) is 23.8 Å². The van der Waals surface area contributed by atoms with Crippen molar-refractivity contribution in [3.05, 3.63) is 48.2 Å². The number of rotatable bonds is 6. The van der Waals surface area contributed by atoms with Gasteiger partial charge in [0.05, 0.1) is 0 Å². The normalized spacial score (nSPS) is 15.1. The Hall–Kier alpha value is -2.56. The number of hydrogen-bond acceptors (Lipinski definition) is 3. The molecule has 1 fully saturated rings. The fourth-order valence-electron chi connectivity index (χ4n) is 3.42. The minimum Gasteiger partial charge on any atom is -0.461 e. The van der Waals surface area contributed by atoms with Crippen LogP contribution >= 0.6 is 0 Å². The van der Waals surface area contributed by atoms with E-state index in [2.05, 4.69) is 5.32 Å². The molecule has 2 heterocycles. The van der Waals surface area contributed by atoms with E-state index in [0.29, 0.717) is 12.8 Å². The van der Waals surface area contributed by atoms with Gasteiger partial charge in [0.1, 0.15) is 11.5 Å². The molecule has 1 aliphatic heterocycles. The van der Waals surface area contributed by atoms with Crippen LogP contribution in [0, 0.1) is 5.92 Å². The summed E-state index contributed by atoms with van der Waals surface area (Å²) < 4.78 is 5.85. The predicted molar refractivity (Wildman–Crippen MR) is 105 cm³/mol. The summed E-state index contributed by atoms with van der Waals surface area (Å²) in [5, 5.41) is 3.10. The number of carbonyl (C=O) groups excluding carboxylic acids is 2. The summed E-state index contributed by atoms with van der Waals surface area (Å²) in [5.74, 6) is 1.92. The number of hydrogen-bond donors (Lipinski definition) is 1. The molecular weight excluding hydrogens is 340 g/mol. The molecule has 5 nitrogen and oxygen atoms in total. The Bertz CT molecular complexity index is 759. The van der Waals surface area contributed by atoms with Gasteiger partial charge < -0.3 is 14.6 Å². The second-order valence-electron chi connectivity index (χ2n) is 7.45. The average molecular weight is 368 g/mol. The van der Waals surface area contributed by atoms with Crippen molar-refractivity contribution in [2.24, 2.45) is 5.92 Å². The summed E-state index contributed by atoms with van der Waals surface area (Å²) in [4.78, 5) is 26.2. The Labute approximate surface area is 160 Å².